The number of nitrogens with one attached hydrogen (secondary N) is 1. The van der Waals surface area contributed by atoms with Crippen LogP contribution in [0.2, 0.25) is 0 Å². The van der Waals surface area contributed by atoms with Crippen LogP contribution in [0.25, 0.3) is 0 Å². The maximum Gasteiger partial charge on any atom is 0.0501 e. The van der Waals surface area contributed by atoms with Crippen molar-refractivity contribution in [1.29, 1.82) is 0 Å². The zero-order valence-corrected chi connectivity index (χ0v) is 11.8. The summed E-state index contributed by atoms with van der Waals surface area (Å²) in [5, 5.41) is 13.4. The van der Waals surface area contributed by atoms with Gasteiger partial charge in [0.15, 0.2) is 0 Å². The summed E-state index contributed by atoms with van der Waals surface area (Å²) in [5.74, 6) is 0.842. The Morgan fingerprint density at radius 2 is 1.89 bits per heavy atom. The minimum atomic E-state index is 0.0706. The molecule has 2 rings (SSSR count). The summed E-state index contributed by atoms with van der Waals surface area (Å²) in [6, 6.07) is 0.594. The highest BCUT2D eigenvalue weighted by Crippen LogP contribution is 2.31. The number of aliphatic hydroxyl groups is 1. The van der Waals surface area contributed by atoms with Crippen LogP contribution in [0, 0.1) is 11.3 Å². The van der Waals surface area contributed by atoms with Gasteiger partial charge in [-0.1, -0.05) is 19.3 Å². The largest absolute Gasteiger partial charge is 0.396 e. The van der Waals surface area contributed by atoms with Gasteiger partial charge in [-0.25, -0.2) is 0 Å². The molecule has 1 unspecified atom stereocenters. The second-order valence-electron chi connectivity index (χ2n) is 6.34. The molecule has 2 fully saturated rings. The van der Waals surface area contributed by atoms with E-state index in [1.807, 2.05) is 0 Å². The lowest BCUT2D eigenvalue weighted by molar-refractivity contribution is -0.0173. The minimum Gasteiger partial charge on any atom is -0.396 e. The van der Waals surface area contributed by atoms with Crippen LogP contribution in [-0.2, 0) is 4.74 Å². The average molecular weight is 255 g/mol. The van der Waals surface area contributed by atoms with Gasteiger partial charge in [0.2, 0.25) is 0 Å². The smallest absolute Gasteiger partial charge is 0.0501 e. The second kappa shape index (κ2) is 6.88. The molecule has 0 bridgehead atoms. The van der Waals surface area contributed by atoms with Gasteiger partial charge in [-0.2, -0.15) is 0 Å². The molecule has 1 aliphatic carbocycles. The maximum atomic E-state index is 9.67. The lowest BCUT2D eigenvalue weighted by Crippen LogP contribution is -2.46. The molecule has 2 N–H and O–H groups in total. The van der Waals surface area contributed by atoms with E-state index < -0.39 is 0 Å². The van der Waals surface area contributed by atoms with Crippen molar-refractivity contribution in [2.75, 3.05) is 26.4 Å². The van der Waals surface area contributed by atoms with Crippen LogP contribution in [0.4, 0.5) is 0 Å². The quantitative estimate of drug-likeness (QED) is 0.792. The van der Waals surface area contributed by atoms with Gasteiger partial charge in [0.05, 0.1) is 6.61 Å². The number of hydrogen-bond acceptors (Lipinski definition) is 3. The standard InChI is InChI=1S/C15H29NO2/c1-13(14-5-3-2-4-6-14)16-11-15(12-17)7-9-18-10-8-15/h13-14,16-17H,2-12H2,1H3. The number of hydrogen-bond donors (Lipinski definition) is 2. The number of aliphatic hydroxyl groups excluding tert-OH is 1. The minimum absolute atomic E-state index is 0.0706. The van der Waals surface area contributed by atoms with Crippen molar-refractivity contribution in [3.05, 3.63) is 0 Å². The molecule has 3 nitrogen and oxygen atoms in total. The van der Waals surface area contributed by atoms with Crippen molar-refractivity contribution in [2.45, 2.75) is 57.9 Å². The van der Waals surface area contributed by atoms with Crippen LogP contribution in [0.5, 0.6) is 0 Å². The van der Waals surface area contributed by atoms with Gasteiger partial charge >= 0.3 is 0 Å². The molecule has 0 spiro atoms. The lowest BCUT2D eigenvalue weighted by atomic mass is 9.79. The molecule has 0 aromatic rings. The van der Waals surface area contributed by atoms with Crippen LogP contribution < -0.4 is 5.32 Å². The summed E-state index contributed by atoms with van der Waals surface area (Å²) in [6.07, 6.45) is 8.96. The first-order valence-corrected chi connectivity index (χ1v) is 7.68. The van der Waals surface area contributed by atoms with Gasteiger partial charge in [-0.15, -0.1) is 0 Å². The highest BCUT2D eigenvalue weighted by atomic mass is 16.5. The molecule has 1 atom stereocenters. The van der Waals surface area contributed by atoms with Crippen molar-refractivity contribution in [2.24, 2.45) is 11.3 Å². The molecule has 0 radical (unpaired) electrons. The molecule has 1 saturated carbocycles. The second-order valence-corrected chi connectivity index (χ2v) is 6.34. The SMILES string of the molecule is CC(NCC1(CO)CCOCC1)C1CCCCC1. The molecular formula is C15H29NO2. The zero-order valence-electron chi connectivity index (χ0n) is 11.8. The third kappa shape index (κ3) is 3.69. The monoisotopic (exact) mass is 255 g/mol. The Bertz CT molecular complexity index is 233. The predicted octanol–water partition coefficient (Wildman–Crippen LogP) is 2.33. The highest BCUT2D eigenvalue weighted by Gasteiger charge is 2.32. The summed E-state index contributed by atoms with van der Waals surface area (Å²) < 4.78 is 5.41. The van der Waals surface area contributed by atoms with E-state index in [2.05, 4.69) is 12.2 Å². The molecule has 106 valence electrons. The summed E-state index contributed by atoms with van der Waals surface area (Å²) >= 11 is 0. The van der Waals surface area contributed by atoms with Gasteiger partial charge in [-0.05, 0) is 38.5 Å². The Morgan fingerprint density at radius 1 is 1.22 bits per heavy atom. The first-order chi connectivity index (χ1) is 8.76. The zero-order chi connectivity index (χ0) is 12.8. The van der Waals surface area contributed by atoms with E-state index in [-0.39, 0.29) is 5.41 Å². The normalized spacial score (nSPS) is 27.0. The summed E-state index contributed by atoms with van der Waals surface area (Å²) in [5.41, 5.74) is 0.0706. The van der Waals surface area contributed by atoms with Crippen LogP contribution in [0.3, 0.4) is 0 Å². The molecular weight excluding hydrogens is 226 g/mol. The van der Waals surface area contributed by atoms with Crippen LogP contribution in [0.1, 0.15) is 51.9 Å². The van der Waals surface area contributed by atoms with Crippen molar-refractivity contribution < 1.29 is 9.84 Å². The topological polar surface area (TPSA) is 41.5 Å². The van der Waals surface area contributed by atoms with Crippen LogP contribution in [0.15, 0.2) is 0 Å². The van der Waals surface area contributed by atoms with E-state index in [0.29, 0.717) is 12.6 Å². The fraction of sp³-hybridized carbons (Fsp3) is 1.00. The maximum absolute atomic E-state index is 9.67. The van der Waals surface area contributed by atoms with E-state index >= 15 is 0 Å². The number of ether oxygens (including phenoxy) is 1. The summed E-state index contributed by atoms with van der Waals surface area (Å²) in [4.78, 5) is 0. The Balaban J connectivity index is 1.77. The highest BCUT2D eigenvalue weighted by molar-refractivity contribution is 4.86. The van der Waals surface area contributed by atoms with Crippen LogP contribution >= 0.6 is 0 Å². The van der Waals surface area contributed by atoms with Crippen molar-refractivity contribution in [3.8, 4) is 0 Å². The van der Waals surface area contributed by atoms with Gasteiger partial charge in [0.25, 0.3) is 0 Å². The Morgan fingerprint density at radius 3 is 2.50 bits per heavy atom. The molecule has 3 heteroatoms. The molecule has 1 aliphatic heterocycles. The van der Waals surface area contributed by atoms with Crippen molar-refractivity contribution in [1.82, 2.24) is 5.32 Å². The molecule has 1 saturated heterocycles. The first-order valence-electron chi connectivity index (χ1n) is 7.68. The fourth-order valence-corrected chi connectivity index (χ4v) is 3.37. The molecule has 0 aromatic heterocycles. The third-order valence-corrected chi connectivity index (χ3v) is 5.04. The predicted molar refractivity (Wildman–Crippen MR) is 73.6 cm³/mol. The molecule has 18 heavy (non-hydrogen) atoms. The summed E-state index contributed by atoms with van der Waals surface area (Å²) in [6.45, 7) is 5.17. The molecule has 1 heterocycles. The van der Waals surface area contributed by atoms with Gasteiger partial charge in [-0.3, -0.25) is 0 Å². The first kappa shape index (κ1) is 14.3. The van der Waals surface area contributed by atoms with Gasteiger partial charge < -0.3 is 15.2 Å². The molecule has 2 aliphatic rings. The van der Waals surface area contributed by atoms with Gasteiger partial charge in [0.1, 0.15) is 0 Å². The summed E-state index contributed by atoms with van der Waals surface area (Å²) in [7, 11) is 0. The molecule has 0 amide bonds. The Hall–Kier alpha value is -0.120. The van der Waals surface area contributed by atoms with E-state index in [4.69, 9.17) is 4.74 Å². The van der Waals surface area contributed by atoms with E-state index in [0.717, 1.165) is 38.5 Å². The third-order valence-electron chi connectivity index (χ3n) is 5.04. The van der Waals surface area contributed by atoms with Gasteiger partial charge in [0, 0.05) is 31.2 Å². The lowest BCUT2D eigenvalue weighted by Gasteiger charge is -2.38. The van der Waals surface area contributed by atoms with E-state index in [9.17, 15) is 5.11 Å². The fourth-order valence-electron chi connectivity index (χ4n) is 3.37. The van der Waals surface area contributed by atoms with E-state index in [1.165, 1.54) is 32.1 Å². The Labute approximate surface area is 111 Å². The van der Waals surface area contributed by atoms with Crippen LogP contribution in [-0.4, -0.2) is 37.5 Å². The van der Waals surface area contributed by atoms with E-state index in [1.54, 1.807) is 0 Å². The van der Waals surface area contributed by atoms with Crippen molar-refractivity contribution in [3.63, 3.8) is 0 Å². The Kier molecular flexibility index (Phi) is 5.46. The van der Waals surface area contributed by atoms with Crippen molar-refractivity contribution >= 4 is 0 Å². The number of rotatable bonds is 5. The molecule has 0 aromatic carbocycles. The average Bonchev–Trinajstić information content (AvgIpc) is 2.47.